The Kier molecular flexibility index (Phi) is 1.93. The summed E-state index contributed by atoms with van der Waals surface area (Å²) < 4.78 is 5.52. The van der Waals surface area contributed by atoms with Crippen LogP contribution in [0.15, 0.2) is 17.1 Å². The summed E-state index contributed by atoms with van der Waals surface area (Å²) in [7, 11) is 1.19. The number of carbonyl (C=O) groups excluding carboxylic acids is 1. The van der Waals surface area contributed by atoms with Gasteiger partial charge in [-0.15, -0.1) is 0 Å². The van der Waals surface area contributed by atoms with Gasteiger partial charge in [-0.3, -0.25) is 9.89 Å². The van der Waals surface area contributed by atoms with Crippen molar-refractivity contribution in [2.45, 2.75) is 0 Å². The Morgan fingerprint density at radius 3 is 3.07 bits per heavy atom. The Labute approximate surface area is 83.5 Å². The minimum atomic E-state index is -0.727. The van der Waals surface area contributed by atoms with Gasteiger partial charge in [0.1, 0.15) is 11.4 Å². The molecule has 0 amide bonds. The number of aromatic nitrogens is 3. The number of rotatable bonds is 1. The molecule has 78 valence electrons. The highest BCUT2D eigenvalue weighted by Crippen LogP contribution is 2.02. The fourth-order valence-electron chi connectivity index (χ4n) is 1.23. The number of ether oxygens (including phenoxy) is 1. The Balaban J connectivity index is 2.75. The van der Waals surface area contributed by atoms with Crippen molar-refractivity contribution in [3.05, 3.63) is 28.2 Å². The minimum absolute atomic E-state index is 0.142. The van der Waals surface area contributed by atoms with Gasteiger partial charge in [0.25, 0.3) is 5.56 Å². The smallest absolute Gasteiger partial charge is 0.345 e. The summed E-state index contributed by atoms with van der Waals surface area (Å²) in [4.78, 5) is 26.7. The van der Waals surface area contributed by atoms with Crippen LogP contribution in [0, 0.1) is 0 Å². The van der Waals surface area contributed by atoms with E-state index in [9.17, 15) is 9.59 Å². The number of hydrogen-bond acceptors (Lipinski definition) is 5. The van der Waals surface area contributed by atoms with Crippen LogP contribution in [-0.4, -0.2) is 27.7 Å². The first-order valence-corrected chi connectivity index (χ1v) is 4.08. The molecule has 7 nitrogen and oxygen atoms in total. The monoisotopic (exact) mass is 208 g/mol. The zero-order chi connectivity index (χ0) is 11.0. The number of nitrogens with two attached hydrogens (primary N) is 1. The topological polar surface area (TPSA) is 102 Å². The SMILES string of the molecule is COC(=O)c1cnc2cc(N)[nH]n2c1=O. The van der Waals surface area contributed by atoms with Crippen molar-refractivity contribution >= 4 is 17.4 Å². The predicted octanol–water partition coefficient (Wildman–Crippen LogP) is -0.609. The normalized spacial score (nSPS) is 10.5. The lowest BCUT2D eigenvalue weighted by molar-refractivity contribution is 0.0598. The van der Waals surface area contributed by atoms with Crippen molar-refractivity contribution in [3.8, 4) is 0 Å². The second kappa shape index (κ2) is 3.12. The molecule has 0 radical (unpaired) electrons. The molecule has 0 aliphatic carbocycles. The van der Waals surface area contributed by atoms with Crippen molar-refractivity contribution in [1.29, 1.82) is 0 Å². The maximum atomic E-state index is 11.7. The fraction of sp³-hybridized carbons (Fsp3) is 0.125. The molecule has 0 aliphatic heterocycles. The lowest BCUT2D eigenvalue weighted by Crippen LogP contribution is -2.23. The number of anilines is 1. The van der Waals surface area contributed by atoms with E-state index in [0.29, 0.717) is 11.5 Å². The number of carbonyl (C=O) groups is 1. The molecule has 0 saturated heterocycles. The van der Waals surface area contributed by atoms with Gasteiger partial charge in [0, 0.05) is 12.3 Å². The number of nitrogens with one attached hydrogen (secondary N) is 1. The number of aromatic amines is 1. The van der Waals surface area contributed by atoms with E-state index in [0.717, 1.165) is 10.7 Å². The molecular formula is C8H8N4O3. The zero-order valence-electron chi connectivity index (χ0n) is 7.85. The van der Waals surface area contributed by atoms with Crippen LogP contribution in [0.1, 0.15) is 10.4 Å². The summed E-state index contributed by atoms with van der Waals surface area (Å²) in [6.07, 6.45) is 1.16. The molecule has 0 atom stereocenters. The van der Waals surface area contributed by atoms with E-state index in [-0.39, 0.29) is 5.56 Å². The van der Waals surface area contributed by atoms with Gasteiger partial charge in [-0.25, -0.2) is 9.78 Å². The molecule has 2 aromatic rings. The maximum absolute atomic E-state index is 11.7. The molecule has 7 heteroatoms. The van der Waals surface area contributed by atoms with Gasteiger partial charge in [-0.2, -0.15) is 4.52 Å². The second-order valence-corrected chi connectivity index (χ2v) is 2.87. The van der Waals surface area contributed by atoms with Crippen molar-refractivity contribution < 1.29 is 9.53 Å². The highest BCUT2D eigenvalue weighted by atomic mass is 16.5. The Morgan fingerprint density at radius 1 is 1.67 bits per heavy atom. The number of H-pyrrole nitrogens is 1. The van der Waals surface area contributed by atoms with E-state index in [4.69, 9.17) is 5.73 Å². The first-order valence-electron chi connectivity index (χ1n) is 4.08. The second-order valence-electron chi connectivity index (χ2n) is 2.87. The summed E-state index contributed by atoms with van der Waals surface area (Å²) in [5.74, 6) is -0.434. The van der Waals surface area contributed by atoms with E-state index in [2.05, 4.69) is 14.8 Å². The highest BCUT2D eigenvalue weighted by molar-refractivity contribution is 5.88. The summed E-state index contributed by atoms with van der Waals surface area (Å²) in [6.45, 7) is 0. The van der Waals surface area contributed by atoms with Gasteiger partial charge in [0.05, 0.1) is 7.11 Å². The average Bonchev–Trinajstić information content (AvgIpc) is 2.59. The molecule has 0 aromatic carbocycles. The lowest BCUT2D eigenvalue weighted by atomic mass is 10.3. The number of nitrogen functional groups attached to an aromatic ring is 1. The average molecular weight is 208 g/mol. The number of fused-ring (bicyclic) bond motifs is 1. The van der Waals surface area contributed by atoms with Gasteiger partial charge < -0.3 is 10.5 Å². The molecule has 2 heterocycles. The van der Waals surface area contributed by atoms with Gasteiger partial charge in [0.15, 0.2) is 5.65 Å². The van der Waals surface area contributed by atoms with Gasteiger partial charge in [-0.05, 0) is 0 Å². The summed E-state index contributed by atoms with van der Waals surface area (Å²) in [6, 6.07) is 1.49. The first-order chi connectivity index (χ1) is 7.13. The molecule has 15 heavy (non-hydrogen) atoms. The molecule has 2 aromatic heterocycles. The Bertz CT molecular complexity index is 583. The van der Waals surface area contributed by atoms with Crippen LogP contribution in [0.25, 0.3) is 5.65 Å². The first kappa shape index (κ1) is 9.25. The summed E-state index contributed by atoms with van der Waals surface area (Å²) >= 11 is 0. The number of nitrogens with zero attached hydrogens (tertiary/aromatic N) is 2. The van der Waals surface area contributed by atoms with Crippen LogP contribution in [0.3, 0.4) is 0 Å². The van der Waals surface area contributed by atoms with Crippen LogP contribution in [0.2, 0.25) is 0 Å². The van der Waals surface area contributed by atoms with Crippen LogP contribution in [-0.2, 0) is 4.74 Å². The fourth-order valence-corrected chi connectivity index (χ4v) is 1.23. The molecular weight excluding hydrogens is 200 g/mol. The van der Waals surface area contributed by atoms with E-state index in [1.807, 2.05) is 0 Å². The van der Waals surface area contributed by atoms with Gasteiger partial charge >= 0.3 is 5.97 Å². The summed E-state index contributed by atoms with van der Waals surface area (Å²) in [5.41, 5.74) is 5.12. The molecule has 0 bridgehead atoms. The third-order valence-corrected chi connectivity index (χ3v) is 1.92. The van der Waals surface area contributed by atoms with E-state index >= 15 is 0 Å². The summed E-state index contributed by atoms with van der Waals surface area (Å²) in [5, 5.41) is 2.56. The van der Waals surface area contributed by atoms with Crippen LogP contribution in [0.5, 0.6) is 0 Å². The van der Waals surface area contributed by atoms with Crippen molar-refractivity contribution in [2.75, 3.05) is 12.8 Å². The lowest BCUT2D eigenvalue weighted by Gasteiger charge is -1.97. The van der Waals surface area contributed by atoms with Crippen molar-refractivity contribution in [3.63, 3.8) is 0 Å². The predicted molar refractivity (Wildman–Crippen MR) is 51.6 cm³/mol. The standard InChI is InChI=1S/C8H8N4O3/c1-15-8(14)4-3-10-6-2-5(9)11-12(6)7(4)13/h2-3,11H,9H2,1H3. The molecule has 0 aliphatic rings. The van der Waals surface area contributed by atoms with Gasteiger partial charge in [-0.1, -0.05) is 0 Å². The van der Waals surface area contributed by atoms with E-state index in [1.165, 1.54) is 13.2 Å². The van der Waals surface area contributed by atoms with Crippen LogP contribution < -0.4 is 11.3 Å². The largest absolute Gasteiger partial charge is 0.465 e. The van der Waals surface area contributed by atoms with E-state index in [1.54, 1.807) is 0 Å². The quantitative estimate of drug-likeness (QED) is 0.608. The maximum Gasteiger partial charge on any atom is 0.345 e. The van der Waals surface area contributed by atoms with Gasteiger partial charge in [0.2, 0.25) is 0 Å². The van der Waals surface area contributed by atoms with Crippen LogP contribution in [0.4, 0.5) is 5.82 Å². The number of esters is 1. The molecule has 3 N–H and O–H groups in total. The number of methoxy groups -OCH3 is 1. The molecule has 0 spiro atoms. The van der Waals surface area contributed by atoms with Crippen molar-refractivity contribution in [2.24, 2.45) is 0 Å². The third kappa shape index (κ3) is 1.33. The third-order valence-electron chi connectivity index (χ3n) is 1.92. The Hall–Kier alpha value is -2.31. The van der Waals surface area contributed by atoms with Crippen molar-refractivity contribution in [1.82, 2.24) is 14.6 Å². The molecule has 0 unspecified atom stereocenters. The molecule has 0 saturated carbocycles. The molecule has 2 rings (SSSR count). The molecule has 0 fully saturated rings. The number of hydrogen-bond donors (Lipinski definition) is 2. The van der Waals surface area contributed by atoms with E-state index < -0.39 is 11.5 Å². The Morgan fingerprint density at radius 2 is 2.40 bits per heavy atom. The zero-order valence-corrected chi connectivity index (χ0v) is 7.85. The highest BCUT2D eigenvalue weighted by Gasteiger charge is 2.14. The minimum Gasteiger partial charge on any atom is -0.465 e. The van der Waals surface area contributed by atoms with Crippen LogP contribution >= 0.6 is 0 Å².